The average Bonchev–Trinajstić information content (AvgIpc) is 3.21. The molecule has 5 heteroatoms. The fourth-order valence-electron chi connectivity index (χ4n) is 5.07. The highest BCUT2D eigenvalue weighted by atomic mass is 16.5. The third kappa shape index (κ3) is 3.07. The molecular weight excluding hydrogens is 374 g/mol. The molecule has 5 rings (SSSR count). The van der Waals surface area contributed by atoms with Gasteiger partial charge in [0.25, 0.3) is 0 Å². The van der Waals surface area contributed by atoms with E-state index in [0.717, 1.165) is 49.6 Å². The van der Waals surface area contributed by atoms with Crippen molar-refractivity contribution in [2.45, 2.75) is 57.8 Å². The minimum absolute atomic E-state index is 0.186. The minimum atomic E-state index is -0.413. The molecule has 3 aliphatic heterocycles. The van der Waals surface area contributed by atoms with Crippen LogP contribution in [0, 0.1) is 6.92 Å². The Morgan fingerprint density at radius 3 is 2.50 bits per heavy atom. The van der Waals surface area contributed by atoms with Crippen LogP contribution in [0.15, 0.2) is 47.6 Å². The molecule has 30 heavy (non-hydrogen) atoms. The lowest BCUT2D eigenvalue weighted by Crippen LogP contribution is -2.59. The van der Waals surface area contributed by atoms with E-state index in [1.165, 1.54) is 16.7 Å². The number of hydrogen-bond acceptors (Lipinski definition) is 5. The molecule has 0 amide bonds. The smallest absolute Gasteiger partial charge is 0.200 e. The Bertz CT molecular complexity index is 959. The summed E-state index contributed by atoms with van der Waals surface area (Å²) in [4.78, 5) is 2.53. The largest absolute Gasteiger partial charge is 0.493 e. The number of rotatable bonds is 3. The van der Waals surface area contributed by atoms with Crippen LogP contribution in [0.3, 0.4) is 0 Å². The molecule has 0 bridgehead atoms. The molecule has 1 fully saturated rings. The van der Waals surface area contributed by atoms with E-state index in [0.29, 0.717) is 6.04 Å². The summed E-state index contributed by atoms with van der Waals surface area (Å²) in [5.74, 6) is 1.72. The minimum Gasteiger partial charge on any atom is -0.493 e. The van der Waals surface area contributed by atoms with E-state index >= 15 is 0 Å². The average molecular weight is 406 g/mol. The first kappa shape index (κ1) is 19.4. The lowest BCUT2D eigenvalue weighted by Gasteiger charge is -2.51. The summed E-state index contributed by atoms with van der Waals surface area (Å²) in [6.07, 6.45) is 2.76. The number of nitrogens with zero attached hydrogens (tertiary/aromatic N) is 3. The van der Waals surface area contributed by atoms with Crippen LogP contribution in [-0.4, -0.2) is 47.6 Å². The third-order valence-corrected chi connectivity index (χ3v) is 6.90. The zero-order chi connectivity index (χ0) is 20.9. The number of hydrogen-bond donors (Lipinski definition) is 0. The van der Waals surface area contributed by atoms with Crippen LogP contribution in [0.5, 0.6) is 11.5 Å². The first-order chi connectivity index (χ1) is 14.5. The van der Waals surface area contributed by atoms with Gasteiger partial charge >= 0.3 is 0 Å². The molecule has 1 saturated heterocycles. The lowest BCUT2D eigenvalue weighted by atomic mass is 9.90. The first-order valence-corrected chi connectivity index (χ1v) is 11.0. The Morgan fingerprint density at radius 1 is 1.10 bits per heavy atom. The highest BCUT2D eigenvalue weighted by molar-refractivity contribution is 6.02. The van der Waals surface area contributed by atoms with Crippen molar-refractivity contribution in [2.24, 2.45) is 5.10 Å². The number of benzene rings is 2. The van der Waals surface area contributed by atoms with Crippen molar-refractivity contribution in [3.63, 3.8) is 0 Å². The molecule has 3 aliphatic rings. The number of methoxy groups -OCH3 is 1. The van der Waals surface area contributed by atoms with Gasteiger partial charge in [-0.15, -0.1) is 0 Å². The Kier molecular flexibility index (Phi) is 4.73. The molecular formula is C25H31N3O2. The molecule has 5 nitrogen and oxygen atoms in total. The van der Waals surface area contributed by atoms with Crippen LogP contribution in [-0.2, 0) is 0 Å². The second-order valence-electron chi connectivity index (χ2n) is 9.03. The van der Waals surface area contributed by atoms with Gasteiger partial charge in [0.05, 0.1) is 18.9 Å². The molecule has 0 unspecified atom stereocenters. The summed E-state index contributed by atoms with van der Waals surface area (Å²) in [5.41, 5.74) is 4.38. The zero-order valence-electron chi connectivity index (χ0n) is 18.4. The third-order valence-electron chi connectivity index (χ3n) is 6.90. The second-order valence-corrected chi connectivity index (χ2v) is 9.03. The normalized spacial score (nSPS) is 22.5. The number of aryl methyl sites for hydroxylation is 1. The molecule has 0 N–H and O–H groups in total. The van der Waals surface area contributed by atoms with Crippen LogP contribution < -0.4 is 9.47 Å². The highest BCUT2D eigenvalue weighted by Gasteiger charge is 2.52. The monoisotopic (exact) mass is 405 g/mol. The van der Waals surface area contributed by atoms with E-state index in [4.69, 9.17) is 14.6 Å². The maximum absolute atomic E-state index is 6.79. The first-order valence-electron chi connectivity index (χ1n) is 11.0. The number of fused-ring (bicyclic) bond motifs is 4. The van der Waals surface area contributed by atoms with E-state index in [1.54, 1.807) is 7.11 Å². The predicted molar refractivity (Wildman–Crippen MR) is 119 cm³/mol. The Balaban J connectivity index is 1.56. The van der Waals surface area contributed by atoms with Crippen molar-refractivity contribution in [1.29, 1.82) is 0 Å². The number of hydrazone groups is 1. The number of piperidine rings is 1. The summed E-state index contributed by atoms with van der Waals surface area (Å²) >= 11 is 0. The maximum Gasteiger partial charge on any atom is 0.200 e. The van der Waals surface area contributed by atoms with Gasteiger partial charge in [0.1, 0.15) is 0 Å². The Morgan fingerprint density at radius 2 is 1.83 bits per heavy atom. The zero-order valence-corrected chi connectivity index (χ0v) is 18.4. The lowest BCUT2D eigenvalue weighted by molar-refractivity contribution is -0.153. The molecule has 2 aromatic rings. The van der Waals surface area contributed by atoms with Crippen LogP contribution in [0.2, 0.25) is 0 Å². The highest BCUT2D eigenvalue weighted by Crippen LogP contribution is 2.52. The van der Waals surface area contributed by atoms with Gasteiger partial charge in [0.15, 0.2) is 11.5 Å². The van der Waals surface area contributed by atoms with Crippen LogP contribution in [0.1, 0.15) is 55.8 Å². The predicted octanol–water partition coefficient (Wildman–Crippen LogP) is 4.75. The van der Waals surface area contributed by atoms with Gasteiger partial charge in [-0.25, -0.2) is 5.01 Å². The van der Waals surface area contributed by atoms with Crippen LogP contribution in [0.4, 0.5) is 0 Å². The van der Waals surface area contributed by atoms with Gasteiger partial charge in [0, 0.05) is 44.0 Å². The van der Waals surface area contributed by atoms with Crippen LogP contribution in [0.25, 0.3) is 0 Å². The summed E-state index contributed by atoms with van der Waals surface area (Å²) < 4.78 is 12.5. The van der Waals surface area contributed by atoms with Crippen molar-refractivity contribution in [1.82, 2.24) is 9.91 Å². The second kappa shape index (κ2) is 7.31. The molecule has 2 aromatic carbocycles. The molecule has 0 saturated carbocycles. The SMILES string of the molecule is COc1cccc2c1OC1(CCN(C(C)C)CC1)N1N=C(c3ccc(C)cc3)C[C@H]21. The molecule has 158 valence electrons. The van der Waals surface area contributed by atoms with E-state index < -0.39 is 5.72 Å². The number of para-hydroxylation sites is 1. The standard InChI is InChI=1S/C25H31N3O2/c1-17(2)27-14-12-25(13-15-27)28-22(20-6-5-7-23(29-4)24(20)30-25)16-21(26-28)19-10-8-18(3)9-11-19/h5-11,17,22H,12-16H2,1-4H3/t22-/m1/s1. The summed E-state index contributed by atoms with van der Waals surface area (Å²) in [5, 5.41) is 7.46. The maximum atomic E-state index is 6.79. The molecule has 3 heterocycles. The van der Waals surface area contributed by atoms with Gasteiger partial charge in [0.2, 0.25) is 5.72 Å². The van der Waals surface area contributed by atoms with E-state index in [-0.39, 0.29) is 6.04 Å². The van der Waals surface area contributed by atoms with Crippen molar-refractivity contribution in [3.05, 3.63) is 59.2 Å². The van der Waals surface area contributed by atoms with Gasteiger partial charge < -0.3 is 14.4 Å². The van der Waals surface area contributed by atoms with Crippen LogP contribution >= 0.6 is 0 Å². The van der Waals surface area contributed by atoms with Gasteiger partial charge in [-0.3, -0.25) is 0 Å². The topological polar surface area (TPSA) is 37.3 Å². The fraction of sp³-hybridized carbons (Fsp3) is 0.480. The molecule has 0 aliphatic carbocycles. The quantitative estimate of drug-likeness (QED) is 0.739. The van der Waals surface area contributed by atoms with Gasteiger partial charge in [-0.1, -0.05) is 42.0 Å². The number of likely N-dealkylation sites (tertiary alicyclic amines) is 1. The molecule has 1 spiro atoms. The van der Waals surface area contributed by atoms with E-state index in [2.05, 4.69) is 67.1 Å². The number of ether oxygens (including phenoxy) is 2. The molecule has 0 radical (unpaired) electrons. The summed E-state index contributed by atoms with van der Waals surface area (Å²) in [6, 6.07) is 15.7. The van der Waals surface area contributed by atoms with E-state index in [1.807, 2.05) is 6.07 Å². The van der Waals surface area contributed by atoms with Crippen molar-refractivity contribution < 1.29 is 9.47 Å². The van der Waals surface area contributed by atoms with E-state index in [9.17, 15) is 0 Å². The Hall–Kier alpha value is -2.53. The van der Waals surface area contributed by atoms with Crippen molar-refractivity contribution >= 4 is 5.71 Å². The Labute approximate surface area is 179 Å². The molecule has 0 aromatic heterocycles. The summed E-state index contributed by atoms with van der Waals surface area (Å²) in [7, 11) is 1.72. The van der Waals surface area contributed by atoms with Crippen molar-refractivity contribution in [2.75, 3.05) is 20.2 Å². The van der Waals surface area contributed by atoms with Crippen molar-refractivity contribution in [3.8, 4) is 11.5 Å². The fourth-order valence-corrected chi connectivity index (χ4v) is 5.07. The summed E-state index contributed by atoms with van der Waals surface area (Å²) in [6.45, 7) is 8.69. The molecule has 1 atom stereocenters. The van der Waals surface area contributed by atoms with Gasteiger partial charge in [-0.2, -0.15) is 5.10 Å². The van der Waals surface area contributed by atoms with Gasteiger partial charge in [-0.05, 0) is 32.4 Å².